The lowest BCUT2D eigenvalue weighted by molar-refractivity contribution is 0.290. The quantitative estimate of drug-likeness (QED) is 0.849. The average Bonchev–Trinajstić information content (AvgIpc) is 2.50. The number of aromatic nitrogens is 1. The third-order valence-corrected chi connectivity index (χ3v) is 5.33. The first-order valence-electron chi connectivity index (χ1n) is 6.34. The largest absolute Gasteiger partial charge is 0.396 e. The summed E-state index contributed by atoms with van der Waals surface area (Å²) in [6.45, 7) is 4.03. The number of anilines is 1. The molecule has 0 bridgehead atoms. The molecule has 1 aromatic heterocycles. The summed E-state index contributed by atoms with van der Waals surface area (Å²) >= 11 is 0. The molecule has 0 radical (unpaired) electrons. The first-order valence-corrected chi connectivity index (χ1v) is 7.78. The van der Waals surface area contributed by atoms with E-state index in [0.29, 0.717) is 13.1 Å². The monoisotopic (exact) mass is 284 g/mol. The highest BCUT2D eigenvalue weighted by Gasteiger charge is 2.33. The summed E-state index contributed by atoms with van der Waals surface area (Å²) in [7, 11) is -1.62. The third-order valence-electron chi connectivity index (χ3n) is 3.34. The number of hydrogen-bond donors (Lipinski definition) is 1. The van der Waals surface area contributed by atoms with Crippen LogP contribution in [-0.2, 0) is 10.0 Å². The van der Waals surface area contributed by atoms with Crippen LogP contribution in [0.2, 0.25) is 0 Å². The number of nitrogens with two attached hydrogens (primary N) is 1. The maximum Gasteiger partial charge on any atom is 0.262 e. The molecule has 7 heteroatoms. The van der Waals surface area contributed by atoms with Crippen LogP contribution < -0.4 is 5.73 Å². The Bertz CT molecular complexity index is 546. The summed E-state index contributed by atoms with van der Waals surface area (Å²) in [5.41, 5.74) is 5.95. The molecule has 1 unspecified atom stereocenters. The molecule has 0 saturated carbocycles. The van der Waals surface area contributed by atoms with Crippen molar-refractivity contribution in [2.45, 2.75) is 24.4 Å². The standard InChI is InChI=1S/C12H20N4O2S/c1-10-9-15(2)7-4-8-16(10)19(17,18)12-11(13)5-3-6-14-12/h3,5-6,10H,4,7-9,13H2,1-2H3. The fraction of sp³-hybridized carbons (Fsp3) is 0.583. The van der Waals surface area contributed by atoms with Gasteiger partial charge in [0.25, 0.3) is 10.0 Å². The van der Waals surface area contributed by atoms with Crippen LogP contribution in [-0.4, -0.2) is 55.3 Å². The second-order valence-corrected chi connectivity index (χ2v) is 6.78. The summed E-state index contributed by atoms with van der Waals surface area (Å²) < 4.78 is 26.8. The van der Waals surface area contributed by atoms with Gasteiger partial charge in [0.2, 0.25) is 0 Å². The zero-order valence-electron chi connectivity index (χ0n) is 11.3. The Labute approximate surface area is 114 Å². The van der Waals surface area contributed by atoms with Crippen molar-refractivity contribution in [1.29, 1.82) is 0 Å². The van der Waals surface area contributed by atoms with E-state index in [2.05, 4.69) is 9.88 Å². The van der Waals surface area contributed by atoms with Crippen LogP contribution in [0, 0.1) is 0 Å². The Morgan fingerprint density at radius 1 is 1.42 bits per heavy atom. The smallest absolute Gasteiger partial charge is 0.262 e. The summed E-state index contributed by atoms with van der Waals surface area (Å²) in [6, 6.07) is 3.11. The summed E-state index contributed by atoms with van der Waals surface area (Å²) in [6.07, 6.45) is 2.27. The summed E-state index contributed by atoms with van der Waals surface area (Å²) in [4.78, 5) is 6.08. The predicted octanol–water partition coefficient (Wildman–Crippen LogP) is 0.379. The Hall–Kier alpha value is -1.18. The lowest BCUT2D eigenvalue weighted by Gasteiger charge is -2.27. The molecule has 0 aromatic carbocycles. The Kier molecular flexibility index (Phi) is 4.07. The molecule has 0 amide bonds. The Morgan fingerprint density at radius 3 is 2.84 bits per heavy atom. The first-order chi connectivity index (χ1) is 8.93. The van der Waals surface area contributed by atoms with Crippen LogP contribution in [0.3, 0.4) is 0 Å². The first kappa shape index (κ1) is 14.2. The number of sulfonamides is 1. The molecule has 0 aliphatic carbocycles. The molecule has 106 valence electrons. The van der Waals surface area contributed by atoms with Crippen molar-refractivity contribution in [3.8, 4) is 0 Å². The van der Waals surface area contributed by atoms with Crippen molar-refractivity contribution in [3.63, 3.8) is 0 Å². The van der Waals surface area contributed by atoms with Gasteiger partial charge in [-0.2, -0.15) is 4.31 Å². The van der Waals surface area contributed by atoms with E-state index in [-0.39, 0.29) is 16.8 Å². The minimum atomic E-state index is -3.62. The maximum absolute atomic E-state index is 12.6. The zero-order chi connectivity index (χ0) is 14.0. The molecule has 0 spiro atoms. The molecule has 1 saturated heterocycles. The fourth-order valence-corrected chi connectivity index (χ4v) is 4.13. The van der Waals surface area contributed by atoms with Gasteiger partial charge in [-0.3, -0.25) is 0 Å². The van der Waals surface area contributed by atoms with Crippen molar-refractivity contribution < 1.29 is 8.42 Å². The van der Waals surface area contributed by atoms with Gasteiger partial charge >= 0.3 is 0 Å². The van der Waals surface area contributed by atoms with Gasteiger partial charge < -0.3 is 10.6 Å². The number of likely N-dealkylation sites (N-methyl/N-ethyl adjacent to an activating group) is 1. The fourth-order valence-electron chi connectivity index (χ4n) is 2.44. The van der Waals surface area contributed by atoms with E-state index in [1.807, 2.05) is 14.0 Å². The van der Waals surface area contributed by atoms with Crippen molar-refractivity contribution >= 4 is 15.7 Å². The van der Waals surface area contributed by atoms with Crippen LogP contribution in [0.1, 0.15) is 13.3 Å². The van der Waals surface area contributed by atoms with E-state index in [0.717, 1.165) is 13.0 Å². The van der Waals surface area contributed by atoms with Crippen LogP contribution in [0.5, 0.6) is 0 Å². The number of nitrogens with zero attached hydrogens (tertiary/aromatic N) is 3. The van der Waals surface area contributed by atoms with Crippen LogP contribution in [0.25, 0.3) is 0 Å². The van der Waals surface area contributed by atoms with Crippen LogP contribution in [0.4, 0.5) is 5.69 Å². The maximum atomic E-state index is 12.6. The van der Waals surface area contributed by atoms with Gasteiger partial charge in [0, 0.05) is 25.3 Å². The number of nitrogen functional groups attached to an aromatic ring is 1. The van der Waals surface area contributed by atoms with Crippen molar-refractivity contribution in [2.24, 2.45) is 0 Å². The van der Waals surface area contributed by atoms with Crippen LogP contribution in [0.15, 0.2) is 23.4 Å². The van der Waals surface area contributed by atoms with E-state index >= 15 is 0 Å². The van der Waals surface area contributed by atoms with Gasteiger partial charge in [-0.1, -0.05) is 0 Å². The second-order valence-electron chi connectivity index (χ2n) is 4.98. The van der Waals surface area contributed by atoms with E-state index in [1.54, 1.807) is 12.1 Å². The highest BCUT2D eigenvalue weighted by molar-refractivity contribution is 7.89. The predicted molar refractivity (Wildman–Crippen MR) is 74.1 cm³/mol. The summed E-state index contributed by atoms with van der Waals surface area (Å²) in [5, 5.41) is -0.0357. The lowest BCUT2D eigenvalue weighted by Crippen LogP contribution is -2.42. The molecule has 1 aromatic rings. The van der Waals surface area contributed by atoms with Gasteiger partial charge in [0.05, 0.1) is 5.69 Å². The van der Waals surface area contributed by atoms with Gasteiger partial charge in [-0.15, -0.1) is 0 Å². The van der Waals surface area contributed by atoms with E-state index < -0.39 is 10.0 Å². The molecule has 2 N–H and O–H groups in total. The minimum Gasteiger partial charge on any atom is -0.396 e. The average molecular weight is 284 g/mol. The molecular formula is C12H20N4O2S. The molecule has 2 rings (SSSR count). The lowest BCUT2D eigenvalue weighted by atomic mass is 10.3. The zero-order valence-corrected chi connectivity index (χ0v) is 12.1. The second kappa shape index (κ2) is 5.44. The number of rotatable bonds is 2. The van der Waals surface area contributed by atoms with E-state index in [4.69, 9.17) is 5.73 Å². The Morgan fingerprint density at radius 2 is 2.16 bits per heavy atom. The highest BCUT2D eigenvalue weighted by atomic mass is 32.2. The Balaban J connectivity index is 2.36. The van der Waals surface area contributed by atoms with Gasteiger partial charge in [0.15, 0.2) is 5.03 Å². The van der Waals surface area contributed by atoms with Crippen LogP contribution >= 0.6 is 0 Å². The molecule has 2 heterocycles. The van der Waals surface area contributed by atoms with E-state index in [1.165, 1.54) is 10.5 Å². The van der Waals surface area contributed by atoms with Crippen molar-refractivity contribution in [3.05, 3.63) is 18.3 Å². The van der Waals surface area contributed by atoms with Gasteiger partial charge in [-0.05, 0) is 39.1 Å². The minimum absolute atomic E-state index is 0.0357. The highest BCUT2D eigenvalue weighted by Crippen LogP contribution is 2.23. The molecule has 19 heavy (non-hydrogen) atoms. The molecule has 6 nitrogen and oxygen atoms in total. The molecule has 1 aliphatic rings. The van der Waals surface area contributed by atoms with Gasteiger partial charge in [0.1, 0.15) is 0 Å². The summed E-state index contributed by atoms with van der Waals surface area (Å²) in [5.74, 6) is 0. The van der Waals surface area contributed by atoms with Gasteiger partial charge in [-0.25, -0.2) is 13.4 Å². The third kappa shape index (κ3) is 2.88. The molecule has 1 atom stereocenters. The number of pyridine rings is 1. The molecule has 1 fully saturated rings. The number of hydrogen-bond acceptors (Lipinski definition) is 5. The topological polar surface area (TPSA) is 79.5 Å². The van der Waals surface area contributed by atoms with Crippen molar-refractivity contribution in [1.82, 2.24) is 14.2 Å². The molecule has 1 aliphatic heterocycles. The normalized spacial score (nSPS) is 23.2. The SMILES string of the molecule is CC1CN(C)CCCN1S(=O)(=O)c1ncccc1N. The van der Waals surface area contributed by atoms with E-state index in [9.17, 15) is 8.42 Å². The molecular weight excluding hydrogens is 264 g/mol. The van der Waals surface area contributed by atoms with Crippen molar-refractivity contribution in [2.75, 3.05) is 32.4 Å².